The number of hydrogen-bond acceptors (Lipinski definition) is 7. The van der Waals surface area contributed by atoms with E-state index in [0.717, 1.165) is 10.0 Å². The quantitative estimate of drug-likeness (QED) is 0.239. The van der Waals surface area contributed by atoms with Crippen LogP contribution in [0.1, 0.15) is 12.5 Å². The zero-order valence-electron chi connectivity index (χ0n) is 16.5. The van der Waals surface area contributed by atoms with E-state index in [4.69, 9.17) is 21.7 Å². The number of esters is 1. The van der Waals surface area contributed by atoms with Gasteiger partial charge in [0.05, 0.1) is 28.8 Å². The van der Waals surface area contributed by atoms with Gasteiger partial charge in [-0.2, -0.15) is 0 Å². The van der Waals surface area contributed by atoms with Crippen LogP contribution in [0.15, 0.2) is 50.2 Å². The number of thioether (sulfide) groups is 1. The van der Waals surface area contributed by atoms with Crippen molar-refractivity contribution < 1.29 is 23.8 Å². The minimum absolute atomic E-state index is 0.201. The standard InChI is InChI=1S/C21H17Br2NO5S2/c1-3-28-16-8-12(7-15(23)19(16)29-11-18(25)27-2)9-17-20(26)24(21(30)31-17)14-6-4-5-13(22)10-14/h4-10H,3,11H2,1-2H3/b17-9-. The molecule has 1 aliphatic rings. The van der Waals surface area contributed by atoms with Gasteiger partial charge in [-0.15, -0.1) is 0 Å². The Bertz CT molecular complexity index is 1070. The minimum Gasteiger partial charge on any atom is -0.490 e. The van der Waals surface area contributed by atoms with Gasteiger partial charge in [0.1, 0.15) is 0 Å². The predicted molar refractivity (Wildman–Crippen MR) is 133 cm³/mol. The number of anilines is 1. The molecule has 0 N–H and O–H groups in total. The lowest BCUT2D eigenvalue weighted by Gasteiger charge is -2.15. The molecule has 0 bridgehead atoms. The monoisotopic (exact) mass is 585 g/mol. The molecule has 1 saturated heterocycles. The Morgan fingerprint density at radius 3 is 2.68 bits per heavy atom. The van der Waals surface area contributed by atoms with E-state index in [1.165, 1.54) is 23.8 Å². The molecule has 6 nitrogen and oxygen atoms in total. The Hall–Kier alpha value is -1.88. The van der Waals surface area contributed by atoms with Gasteiger partial charge in [0.15, 0.2) is 22.4 Å². The predicted octanol–water partition coefficient (Wildman–Crippen LogP) is 5.57. The first-order chi connectivity index (χ1) is 14.8. The smallest absolute Gasteiger partial charge is 0.343 e. The van der Waals surface area contributed by atoms with Crippen LogP contribution in [0.4, 0.5) is 5.69 Å². The van der Waals surface area contributed by atoms with Gasteiger partial charge < -0.3 is 14.2 Å². The SMILES string of the molecule is CCOc1cc(/C=C2\SC(=S)N(c3cccc(Br)c3)C2=O)cc(Br)c1OCC(=O)OC. The molecule has 0 unspecified atom stereocenters. The Kier molecular flexibility index (Phi) is 8.15. The number of amides is 1. The van der Waals surface area contributed by atoms with Crippen molar-refractivity contribution in [1.82, 2.24) is 0 Å². The van der Waals surface area contributed by atoms with Crippen molar-refractivity contribution in [2.45, 2.75) is 6.92 Å². The Morgan fingerprint density at radius 1 is 1.23 bits per heavy atom. The average molecular weight is 587 g/mol. The zero-order valence-corrected chi connectivity index (χ0v) is 21.3. The second-order valence-corrected chi connectivity index (χ2v) is 9.57. The van der Waals surface area contributed by atoms with Crippen molar-refractivity contribution in [3.63, 3.8) is 0 Å². The first-order valence-corrected chi connectivity index (χ1v) is 11.8. The highest BCUT2D eigenvalue weighted by Gasteiger charge is 2.33. The molecule has 162 valence electrons. The highest BCUT2D eigenvalue weighted by atomic mass is 79.9. The number of hydrogen-bond donors (Lipinski definition) is 0. The van der Waals surface area contributed by atoms with Crippen molar-refractivity contribution in [3.8, 4) is 11.5 Å². The zero-order chi connectivity index (χ0) is 22.5. The van der Waals surface area contributed by atoms with Gasteiger partial charge in [-0.3, -0.25) is 9.69 Å². The van der Waals surface area contributed by atoms with Crippen molar-refractivity contribution >= 4 is 83.8 Å². The molecule has 0 aliphatic carbocycles. The van der Waals surface area contributed by atoms with E-state index in [1.54, 1.807) is 18.2 Å². The first-order valence-electron chi connectivity index (χ1n) is 9.03. The summed E-state index contributed by atoms with van der Waals surface area (Å²) in [4.78, 5) is 26.4. The van der Waals surface area contributed by atoms with E-state index >= 15 is 0 Å². The third kappa shape index (κ3) is 5.68. The van der Waals surface area contributed by atoms with Gasteiger partial charge in [0, 0.05) is 4.47 Å². The molecule has 1 amide bonds. The summed E-state index contributed by atoms with van der Waals surface area (Å²) in [6.07, 6.45) is 1.74. The number of halogens is 2. The van der Waals surface area contributed by atoms with Crippen molar-refractivity contribution in [2.75, 3.05) is 25.2 Å². The maximum absolute atomic E-state index is 13.0. The summed E-state index contributed by atoms with van der Waals surface area (Å²) in [5, 5.41) is 0. The summed E-state index contributed by atoms with van der Waals surface area (Å²) in [6, 6.07) is 10.9. The number of carbonyl (C=O) groups excluding carboxylic acids is 2. The Labute approximate surface area is 206 Å². The van der Waals surface area contributed by atoms with Crippen LogP contribution in [-0.2, 0) is 14.3 Å². The number of ether oxygens (including phenoxy) is 3. The van der Waals surface area contributed by atoms with E-state index in [2.05, 4.69) is 36.6 Å². The minimum atomic E-state index is -0.505. The van der Waals surface area contributed by atoms with E-state index in [9.17, 15) is 9.59 Å². The first kappa shape index (κ1) is 23.8. The molecule has 0 radical (unpaired) electrons. The third-order valence-electron chi connectivity index (χ3n) is 4.05. The summed E-state index contributed by atoms with van der Waals surface area (Å²) < 4.78 is 17.7. The number of benzene rings is 2. The molecule has 0 aromatic heterocycles. The maximum Gasteiger partial charge on any atom is 0.343 e. The second-order valence-electron chi connectivity index (χ2n) is 6.12. The lowest BCUT2D eigenvalue weighted by molar-refractivity contribution is -0.142. The van der Waals surface area contributed by atoms with Crippen LogP contribution in [0.5, 0.6) is 11.5 Å². The molecule has 2 aromatic carbocycles. The fraction of sp³-hybridized carbons (Fsp3) is 0.190. The van der Waals surface area contributed by atoms with Crippen LogP contribution >= 0.6 is 55.8 Å². The summed E-state index contributed by atoms with van der Waals surface area (Å²) >= 11 is 13.5. The summed E-state index contributed by atoms with van der Waals surface area (Å²) in [6.45, 7) is 1.99. The van der Waals surface area contributed by atoms with Gasteiger partial charge in [-0.1, -0.05) is 46.0 Å². The molecule has 2 aromatic rings. The second kappa shape index (κ2) is 10.6. The van der Waals surface area contributed by atoms with E-state index < -0.39 is 5.97 Å². The van der Waals surface area contributed by atoms with Crippen molar-refractivity contribution in [2.24, 2.45) is 0 Å². The Morgan fingerprint density at radius 2 is 2.00 bits per heavy atom. The summed E-state index contributed by atoms with van der Waals surface area (Å²) in [5.74, 6) is 0.114. The largest absolute Gasteiger partial charge is 0.490 e. The summed E-state index contributed by atoms with van der Waals surface area (Å²) in [7, 11) is 1.29. The molecule has 3 rings (SSSR count). The normalized spacial score (nSPS) is 14.8. The number of methoxy groups -OCH3 is 1. The maximum atomic E-state index is 13.0. The number of thiocarbonyl (C=S) groups is 1. The van der Waals surface area contributed by atoms with E-state index in [1.807, 2.05) is 31.2 Å². The van der Waals surface area contributed by atoms with Crippen LogP contribution in [-0.4, -0.2) is 36.5 Å². The highest BCUT2D eigenvalue weighted by Crippen LogP contribution is 2.40. The van der Waals surface area contributed by atoms with E-state index in [-0.39, 0.29) is 12.5 Å². The van der Waals surface area contributed by atoms with E-state index in [0.29, 0.717) is 37.5 Å². The van der Waals surface area contributed by atoms with Gasteiger partial charge in [-0.05, 0) is 64.8 Å². The summed E-state index contributed by atoms with van der Waals surface area (Å²) in [5.41, 5.74) is 1.42. The third-order valence-corrected chi connectivity index (χ3v) is 6.44. The molecule has 0 saturated carbocycles. The number of nitrogens with zero attached hydrogens (tertiary/aromatic N) is 1. The lowest BCUT2D eigenvalue weighted by Crippen LogP contribution is -2.27. The molecule has 1 aliphatic heterocycles. The van der Waals surface area contributed by atoms with Gasteiger partial charge in [0.2, 0.25) is 0 Å². The van der Waals surface area contributed by atoms with Crippen LogP contribution in [0.2, 0.25) is 0 Å². The number of carbonyl (C=O) groups is 2. The molecule has 0 spiro atoms. The van der Waals surface area contributed by atoms with Gasteiger partial charge >= 0.3 is 5.97 Å². The molecule has 1 fully saturated rings. The highest BCUT2D eigenvalue weighted by molar-refractivity contribution is 9.10. The Balaban J connectivity index is 1.91. The van der Waals surface area contributed by atoms with Crippen molar-refractivity contribution in [1.29, 1.82) is 0 Å². The van der Waals surface area contributed by atoms with Gasteiger partial charge in [-0.25, -0.2) is 4.79 Å². The van der Waals surface area contributed by atoms with Crippen LogP contribution in [0.3, 0.4) is 0 Å². The molecule has 0 atom stereocenters. The molecule has 31 heavy (non-hydrogen) atoms. The van der Waals surface area contributed by atoms with Crippen molar-refractivity contribution in [3.05, 3.63) is 55.8 Å². The molecular weight excluding hydrogens is 570 g/mol. The van der Waals surface area contributed by atoms with Crippen LogP contribution in [0.25, 0.3) is 6.08 Å². The van der Waals surface area contributed by atoms with Crippen LogP contribution in [0, 0.1) is 0 Å². The average Bonchev–Trinajstić information content (AvgIpc) is 3.00. The van der Waals surface area contributed by atoms with Gasteiger partial charge in [0.25, 0.3) is 5.91 Å². The van der Waals surface area contributed by atoms with Crippen LogP contribution < -0.4 is 14.4 Å². The number of rotatable bonds is 7. The fourth-order valence-electron chi connectivity index (χ4n) is 2.72. The molecular formula is C21H17Br2NO5S2. The molecule has 1 heterocycles. The fourth-order valence-corrected chi connectivity index (χ4v) is 4.98. The topological polar surface area (TPSA) is 65.1 Å². The molecule has 10 heteroatoms. The lowest BCUT2D eigenvalue weighted by atomic mass is 10.1.